The lowest BCUT2D eigenvalue weighted by Gasteiger charge is -2.37. The molecule has 1 saturated carbocycles. The van der Waals surface area contributed by atoms with Crippen LogP contribution < -0.4 is 5.32 Å². The summed E-state index contributed by atoms with van der Waals surface area (Å²) in [6.45, 7) is 11.3. The molecule has 1 aliphatic rings. The van der Waals surface area contributed by atoms with Crippen molar-refractivity contribution < 1.29 is 5.11 Å². The maximum absolute atomic E-state index is 9.18. The van der Waals surface area contributed by atoms with Gasteiger partial charge in [-0.1, -0.05) is 20.8 Å². The van der Waals surface area contributed by atoms with Crippen LogP contribution in [0.4, 0.5) is 0 Å². The van der Waals surface area contributed by atoms with Gasteiger partial charge in [-0.2, -0.15) is 0 Å². The van der Waals surface area contributed by atoms with Gasteiger partial charge in [0, 0.05) is 25.7 Å². The molecule has 0 amide bonds. The molecule has 0 radical (unpaired) electrons. The van der Waals surface area contributed by atoms with Gasteiger partial charge in [-0.15, -0.1) is 0 Å². The molecule has 2 N–H and O–H groups in total. The van der Waals surface area contributed by atoms with Gasteiger partial charge in [0.15, 0.2) is 0 Å². The molecule has 1 fully saturated rings. The van der Waals surface area contributed by atoms with Crippen molar-refractivity contribution >= 4 is 0 Å². The molecule has 0 aromatic carbocycles. The van der Waals surface area contributed by atoms with Crippen LogP contribution in [-0.4, -0.2) is 48.8 Å². The molecule has 0 unspecified atom stereocenters. The highest BCUT2D eigenvalue weighted by atomic mass is 16.3. The van der Waals surface area contributed by atoms with Gasteiger partial charge in [0.25, 0.3) is 0 Å². The molecular weight excluding hydrogens is 224 g/mol. The van der Waals surface area contributed by atoms with Crippen molar-refractivity contribution in [2.24, 2.45) is 5.41 Å². The lowest BCUT2D eigenvalue weighted by Crippen LogP contribution is -2.45. The number of aliphatic hydroxyl groups excluding tert-OH is 1. The SMILES string of the molecule is CCCN(CCO)CC(CC)(CC)CNC1CC1. The van der Waals surface area contributed by atoms with E-state index >= 15 is 0 Å². The van der Waals surface area contributed by atoms with E-state index in [1.807, 2.05) is 0 Å². The molecule has 0 spiro atoms. The second-order valence-electron chi connectivity index (χ2n) is 5.86. The van der Waals surface area contributed by atoms with Crippen LogP contribution in [-0.2, 0) is 0 Å². The minimum absolute atomic E-state index is 0.277. The first-order chi connectivity index (χ1) is 8.69. The van der Waals surface area contributed by atoms with Gasteiger partial charge in [0.2, 0.25) is 0 Å². The van der Waals surface area contributed by atoms with Crippen molar-refractivity contribution in [1.29, 1.82) is 0 Å². The maximum atomic E-state index is 9.18. The Bertz CT molecular complexity index is 207. The zero-order valence-corrected chi connectivity index (χ0v) is 12.5. The zero-order valence-electron chi connectivity index (χ0n) is 12.5. The van der Waals surface area contributed by atoms with Crippen LogP contribution in [0.3, 0.4) is 0 Å². The molecule has 0 aromatic heterocycles. The van der Waals surface area contributed by atoms with Crippen molar-refractivity contribution in [3.63, 3.8) is 0 Å². The molecule has 3 nitrogen and oxygen atoms in total. The minimum Gasteiger partial charge on any atom is -0.395 e. The third kappa shape index (κ3) is 5.25. The average Bonchev–Trinajstić information content (AvgIpc) is 3.19. The van der Waals surface area contributed by atoms with E-state index < -0.39 is 0 Å². The predicted molar refractivity (Wildman–Crippen MR) is 77.9 cm³/mol. The molecule has 18 heavy (non-hydrogen) atoms. The van der Waals surface area contributed by atoms with Crippen molar-refractivity contribution in [1.82, 2.24) is 10.2 Å². The lowest BCUT2D eigenvalue weighted by atomic mass is 9.81. The van der Waals surface area contributed by atoms with Gasteiger partial charge < -0.3 is 15.3 Å². The van der Waals surface area contributed by atoms with Gasteiger partial charge in [0.1, 0.15) is 0 Å². The molecule has 0 bridgehead atoms. The summed E-state index contributed by atoms with van der Waals surface area (Å²) in [5, 5.41) is 12.9. The van der Waals surface area contributed by atoms with Gasteiger partial charge in [0.05, 0.1) is 6.61 Å². The molecule has 0 heterocycles. The maximum Gasteiger partial charge on any atom is 0.0558 e. The van der Waals surface area contributed by atoms with Gasteiger partial charge in [-0.25, -0.2) is 0 Å². The quantitative estimate of drug-likeness (QED) is 0.595. The fraction of sp³-hybridized carbons (Fsp3) is 1.00. The number of rotatable bonds is 11. The topological polar surface area (TPSA) is 35.5 Å². The Morgan fingerprint density at radius 2 is 1.83 bits per heavy atom. The summed E-state index contributed by atoms with van der Waals surface area (Å²) in [6.07, 6.45) is 6.32. The van der Waals surface area contributed by atoms with E-state index in [1.54, 1.807) is 0 Å². The Hall–Kier alpha value is -0.120. The van der Waals surface area contributed by atoms with Gasteiger partial charge in [-0.3, -0.25) is 0 Å². The number of hydrogen-bond acceptors (Lipinski definition) is 3. The largest absolute Gasteiger partial charge is 0.395 e. The van der Waals surface area contributed by atoms with E-state index in [1.165, 1.54) is 32.1 Å². The van der Waals surface area contributed by atoms with E-state index in [0.717, 1.165) is 32.2 Å². The molecule has 1 aliphatic carbocycles. The normalized spacial score (nSPS) is 16.5. The van der Waals surface area contributed by atoms with Crippen molar-refractivity contribution in [3.8, 4) is 0 Å². The molecule has 0 aliphatic heterocycles. The fourth-order valence-electron chi connectivity index (χ4n) is 2.63. The van der Waals surface area contributed by atoms with Crippen LogP contribution in [0.2, 0.25) is 0 Å². The summed E-state index contributed by atoms with van der Waals surface area (Å²) in [6, 6.07) is 0.792. The first-order valence-electron chi connectivity index (χ1n) is 7.76. The summed E-state index contributed by atoms with van der Waals surface area (Å²) < 4.78 is 0. The Morgan fingerprint density at radius 3 is 2.28 bits per heavy atom. The molecule has 1 rings (SSSR count). The van der Waals surface area contributed by atoms with E-state index in [-0.39, 0.29) is 6.61 Å². The number of nitrogens with one attached hydrogen (secondary N) is 1. The number of aliphatic hydroxyl groups is 1. The highest BCUT2D eigenvalue weighted by Gasteiger charge is 2.31. The smallest absolute Gasteiger partial charge is 0.0558 e. The molecule has 0 atom stereocenters. The van der Waals surface area contributed by atoms with Crippen LogP contribution in [0, 0.1) is 5.41 Å². The standard InChI is InChI=1S/C15H32N2O/c1-4-9-17(10-11-18)13-15(5-2,6-3)12-16-14-7-8-14/h14,16,18H,4-13H2,1-3H3. The molecule has 3 heteroatoms. The first-order valence-corrected chi connectivity index (χ1v) is 7.76. The monoisotopic (exact) mass is 256 g/mol. The summed E-state index contributed by atoms with van der Waals surface area (Å²) in [5.41, 5.74) is 0.382. The highest BCUT2D eigenvalue weighted by Crippen LogP contribution is 2.29. The van der Waals surface area contributed by atoms with Crippen LogP contribution in [0.5, 0.6) is 0 Å². The number of hydrogen-bond donors (Lipinski definition) is 2. The Morgan fingerprint density at radius 1 is 1.17 bits per heavy atom. The summed E-state index contributed by atoms with van der Waals surface area (Å²) in [4.78, 5) is 2.43. The second kappa shape index (κ2) is 8.13. The number of nitrogens with zero attached hydrogens (tertiary/aromatic N) is 1. The Labute approximate surface area is 113 Å². The van der Waals surface area contributed by atoms with Crippen LogP contribution >= 0.6 is 0 Å². The van der Waals surface area contributed by atoms with Crippen molar-refractivity contribution in [2.75, 3.05) is 32.8 Å². The van der Waals surface area contributed by atoms with E-state index in [2.05, 4.69) is 31.0 Å². The highest BCUT2D eigenvalue weighted by molar-refractivity contribution is 4.88. The van der Waals surface area contributed by atoms with Crippen LogP contribution in [0.1, 0.15) is 52.9 Å². The van der Waals surface area contributed by atoms with Gasteiger partial charge in [-0.05, 0) is 44.1 Å². The third-order valence-corrected chi connectivity index (χ3v) is 4.36. The summed E-state index contributed by atoms with van der Waals surface area (Å²) in [5.74, 6) is 0. The summed E-state index contributed by atoms with van der Waals surface area (Å²) in [7, 11) is 0. The van der Waals surface area contributed by atoms with Crippen molar-refractivity contribution in [3.05, 3.63) is 0 Å². The fourth-order valence-corrected chi connectivity index (χ4v) is 2.63. The molecule has 0 aromatic rings. The molecule has 0 saturated heterocycles. The molecule has 108 valence electrons. The van der Waals surface area contributed by atoms with E-state index in [0.29, 0.717) is 5.41 Å². The van der Waals surface area contributed by atoms with Crippen LogP contribution in [0.15, 0.2) is 0 Å². The second-order valence-corrected chi connectivity index (χ2v) is 5.86. The minimum atomic E-state index is 0.277. The van der Waals surface area contributed by atoms with Crippen molar-refractivity contribution in [2.45, 2.75) is 58.9 Å². The Balaban J connectivity index is 2.50. The lowest BCUT2D eigenvalue weighted by molar-refractivity contribution is 0.113. The molecular formula is C15H32N2O. The summed E-state index contributed by atoms with van der Waals surface area (Å²) >= 11 is 0. The van der Waals surface area contributed by atoms with E-state index in [9.17, 15) is 5.11 Å². The van der Waals surface area contributed by atoms with Crippen LogP contribution in [0.25, 0.3) is 0 Å². The van der Waals surface area contributed by atoms with Gasteiger partial charge >= 0.3 is 0 Å². The average molecular weight is 256 g/mol. The Kier molecular flexibility index (Phi) is 7.20. The van der Waals surface area contributed by atoms with E-state index in [4.69, 9.17) is 0 Å². The first kappa shape index (κ1) is 15.9. The predicted octanol–water partition coefficient (Wildman–Crippen LogP) is 2.25. The zero-order chi connectivity index (χ0) is 13.4. The third-order valence-electron chi connectivity index (χ3n) is 4.36.